The van der Waals surface area contributed by atoms with Crippen molar-refractivity contribution in [1.82, 2.24) is 10.3 Å². The molecule has 1 aliphatic heterocycles. The first-order chi connectivity index (χ1) is 14.0. The van der Waals surface area contributed by atoms with Crippen LogP contribution in [0.3, 0.4) is 0 Å². The van der Waals surface area contributed by atoms with Gasteiger partial charge in [-0.05, 0) is 18.2 Å². The number of ether oxygens (including phenoxy) is 1. The van der Waals surface area contributed by atoms with Crippen LogP contribution in [0.5, 0.6) is 0 Å². The third-order valence-corrected chi connectivity index (χ3v) is 6.19. The number of benzene rings is 1. The molecule has 2 amide bonds. The number of anilines is 1. The van der Waals surface area contributed by atoms with Gasteiger partial charge >= 0.3 is 5.97 Å². The van der Waals surface area contributed by atoms with Crippen molar-refractivity contribution in [1.29, 1.82) is 0 Å². The van der Waals surface area contributed by atoms with Crippen LogP contribution in [0.2, 0.25) is 0 Å². The molecule has 0 fully saturated rings. The lowest BCUT2D eigenvalue weighted by Crippen LogP contribution is -2.17. The molecule has 0 saturated heterocycles. The minimum absolute atomic E-state index is 0.0392. The number of esters is 1. The standard InChI is InChI=1S/C20H17N3O4S2/c1-11(24)21-9-12-6-7-17(29-12)15-10-28-20(22-15)23-18(25)8-16-13-4-2-3-5-14(13)19(26)27-16/h2-7,10,16H,8-9H2,1H3,(H,21,24)(H,22,23,25)/t16-/m1/s1. The maximum Gasteiger partial charge on any atom is 0.339 e. The number of hydrogen-bond donors (Lipinski definition) is 2. The number of carbonyl (C=O) groups excluding carboxylic acids is 3. The van der Waals surface area contributed by atoms with E-state index >= 15 is 0 Å². The molecule has 29 heavy (non-hydrogen) atoms. The van der Waals surface area contributed by atoms with E-state index in [1.54, 1.807) is 18.2 Å². The molecule has 0 spiro atoms. The summed E-state index contributed by atoms with van der Waals surface area (Å²) in [5.41, 5.74) is 2.01. The number of nitrogens with zero attached hydrogens (tertiary/aromatic N) is 1. The van der Waals surface area contributed by atoms with Gasteiger partial charge in [0.2, 0.25) is 11.8 Å². The summed E-state index contributed by atoms with van der Waals surface area (Å²) < 4.78 is 5.31. The van der Waals surface area contributed by atoms with E-state index in [0.717, 1.165) is 21.0 Å². The van der Waals surface area contributed by atoms with Crippen molar-refractivity contribution in [3.63, 3.8) is 0 Å². The Bertz CT molecular complexity index is 1090. The molecule has 148 valence electrons. The highest BCUT2D eigenvalue weighted by Crippen LogP contribution is 2.34. The number of hydrogen-bond acceptors (Lipinski definition) is 7. The zero-order valence-corrected chi connectivity index (χ0v) is 17.1. The van der Waals surface area contributed by atoms with E-state index in [-0.39, 0.29) is 18.2 Å². The topological polar surface area (TPSA) is 97.4 Å². The van der Waals surface area contributed by atoms with Gasteiger partial charge in [0.15, 0.2) is 5.13 Å². The summed E-state index contributed by atoms with van der Waals surface area (Å²) in [5, 5.41) is 7.89. The molecule has 0 saturated carbocycles. The van der Waals surface area contributed by atoms with Crippen molar-refractivity contribution in [3.05, 3.63) is 57.8 Å². The fourth-order valence-electron chi connectivity index (χ4n) is 2.98. The number of amides is 2. The highest BCUT2D eigenvalue weighted by molar-refractivity contribution is 7.17. The summed E-state index contributed by atoms with van der Waals surface area (Å²) in [7, 11) is 0. The van der Waals surface area contributed by atoms with Gasteiger partial charge in [0.05, 0.1) is 29.1 Å². The lowest BCUT2D eigenvalue weighted by atomic mass is 10.0. The Morgan fingerprint density at radius 1 is 1.21 bits per heavy atom. The molecule has 0 radical (unpaired) electrons. The first-order valence-corrected chi connectivity index (χ1v) is 10.6. The van der Waals surface area contributed by atoms with Crippen molar-refractivity contribution in [2.24, 2.45) is 0 Å². The minimum atomic E-state index is -0.577. The molecule has 4 rings (SSSR count). The second-order valence-electron chi connectivity index (χ2n) is 6.45. The van der Waals surface area contributed by atoms with Crippen LogP contribution in [0.25, 0.3) is 10.6 Å². The molecule has 7 nitrogen and oxygen atoms in total. The molecule has 2 N–H and O–H groups in total. The molecule has 3 heterocycles. The van der Waals surface area contributed by atoms with Crippen molar-refractivity contribution < 1.29 is 19.1 Å². The molecule has 9 heteroatoms. The van der Waals surface area contributed by atoms with E-state index in [1.807, 2.05) is 23.6 Å². The van der Waals surface area contributed by atoms with Crippen LogP contribution in [-0.4, -0.2) is 22.8 Å². The first-order valence-electron chi connectivity index (χ1n) is 8.88. The minimum Gasteiger partial charge on any atom is -0.453 e. The van der Waals surface area contributed by atoms with Gasteiger partial charge in [0, 0.05) is 22.7 Å². The predicted octanol–water partition coefficient (Wildman–Crippen LogP) is 3.75. The van der Waals surface area contributed by atoms with Gasteiger partial charge in [0.1, 0.15) is 6.10 Å². The number of carbonyl (C=O) groups is 3. The molecular formula is C20H17N3O4S2. The van der Waals surface area contributed by atoms with Crippen molar-refractivity contribution >= 4 is 45.6 Å². The molecule has 3 aromatic rings. The van der Waals surface area contributed by atoms with E-state index in [1.165, 1.54) is 29.6 Å². The molecule has 0 bridgehead atoms. The average molecular weight is 428 g/mol. The lowest BCUT2D eigenvalue weighted by Gasteiger charge is -2.09. The van der Waals surface area contributed by atoms with Crippen molar-refractivity contribution in [2.45, 2.75) is 26.0 Å². The number of thiophene rings is 1. The summed E-state index contributed by atoms with van der Waals surface area (Å²) in [5.74, 6) is -0.741. The van der Waals surface area contributed by atoms with Crippen LogP contribution < -0.4 is 10.6 Å². The summed E-state index contributed by atoms with van der Waals surface area (Å²) >= 11 is 2.87. The number of aromatic nitrogens is 1. The normalized spacial score (nSPS) is 14.9. The van der Waals surface area contributed by atoms with Crippen LogP contribution in [0.1, 0.15) is 40.2 Å². The van der Waals surface area contributed by atoms with E-state index in [2.05, 4.69) is 15.6 Å². The van der Waals surface area contributed by atoms with Gasteiger partial charge in [-0.3, -0.25) is 9.59 Å². The van der Waals surface area contributed by atoms with E-state index < -0.39 is 12.1 Å². The average Bonchev–Trinajstić information content (AvgIpc) is 3.40. The Morgan fingerprint density at radius 3 is 2.86 bits per heavy atom. The number of nitrogens with one attached hydrogen (secondary N) is 2. The highest BCUT2D eigenvalue weighted by atomic mass is 32.1. The van der Waals surface area contributed by atoms with Crippen LogP contribution in [0.15, 0.2) is 41.8 Å². The van der Waals surface area contributed by atoms with E-state index in [4.69, 9.17) is 4.74 Å². The number of rotatable bonds is 6. The Balaban J connectivity index is 1.38. The van der Waals surface area contributed by atoms with Gasteiger partial charge < -0.3 is 15.4 Å². The quantitative estimate of drug-likeness (QED) is 0.584. The summed E-state index contributed by atoms with van der Waals surface area (Å²) in [4.78, 5) is 41.8. The summed E-state index contributed by atoms with van der Waals surface area (Å²) in [6.07, 6.45) is -0.538. The maximum absolute atomic E-state index is 12.4. The molecule has 2 aromatic heterocycles. The van der Waals surface area contributed by atoms with Crippen LogP contribution >= 0.6 is 22.7 Å². The lowest BCUT2D eigenvalue weighted by molar-refractivity contribution is -0.119. The second-order valence-corrected chi connectivity index (χ2v) is 8.47. The van der Waals surface area contributed by atoms with Crippen molar-refractivity contribution in [3.8, 4) is 10.6 Å². The molecule has 1 aliphatic rings. The Labute approximate surface area is 174 Å². The maximum atomic E-state index is 12.4. The van der Waals surface area contributed by atoms with Crippen LogP contribution in [0, 0.1) is 0 Å². The summed E-state index contributed by atoms with van der Waals surface area (Å²) in [6.45, 7) is 1.96. The van der Waals surface area contributed by atoms with Crippen LogP contribution in [-0.2, 0) is 20.9 Å². The van der Waals surface area contributed by atoms with Crippen LogP contribution in [0.4, 0.5) is 5.13 Å². The SMILES string of the molecule is CC(=O)NCc1ccc(-c2csc(NC(=O)C[C@H]3OC(=O)c4ccccc43)n2)s1. The van der Waals surface area contributed by atoms with Crippen molar-refractivity contribution in [2.75, 3.05) is 5.32 Å². The fourth-order valence-corrected chi connectivity index (χ4v) is 4.69. The van der Waals surface area contributed by atoms with Gasteiger partial charge in [-0.15, -0.1) is 22.7 Å². The third-order valence-electron chi connectivity index (χ3n) is 4.32. The smallest absolute Gasteiger partial charge is 0.339 e. The largest absolute Gasteiger partial charge is 0.453 e. The van der Waals surface area contributed by atoms with Gasteiger partial charge in [0.25, 0.3) is 0 Å². The molecular weight excluding hydrogens is 410 g/mol. The number of cyclic esters (lactones) is 1. The highest BCUT2D eigenvalue weighted by Gasteiger charge is 2.32. The third kappa shape index (κ3) is 4.36. The van der Waals surface area contributed by atoms with Gasteiger partial charge in [-0.2, -0.15) is 0 Å². The number of thiazole rings is 1. The molecule has 1 atom stereocenters. The fraction of sp³-hybridized carbons (Fsp3) is 0.200. The van der Waals surface area contributed by atoms with Gasteiger partial charge in [-0.1, -0.05) is 18.2 Å². The monoisotopic (exact) mass is 427 g/mol. The summed E-state index contributed by atoms with van der Waals surface area (Å²) in [6, 6.07) is 11.0. The molecule has 0 unspecified atom stereocenters. The Kier molecular flexibility index (Phi) is 5.41. The second kappa shape index (κ2) is 8.14. The zero-order chi connectivity index (χ0) is 20.4. The van der Waals surface area contributed by atoms with Gasteiger partial charge in [-0.25, -0.2) is 9.78 Å². The first kappa shape index (κ1) is 19.3. The zero-order valence-electron chi connectivity index (χ0n) is 15.4. The number of fused-ring (bicyclic) bond motifs is 1. The predicted molar refractivity (Wildman–Crippen MR) is 111 cm³/mol. The van der Waals surface area contributed by atoms with E-state index in [0.29, 0.717) is 17.2 Å². The molecule has 1 aromatic carbocycles. The molecule has 0 aliphatic carbocycles. The Hall–Kier alpha value is -3.04. The Morgan fingerprint density at radius 2 is 2.03 bits per heavy atom. The van der Waals surface area contributed by atoms with E-state index in [9.17, 15) is 14.4 Å².